The molecule has 7 heteroatoms. The maximum Gasteiger partial charge on any atom is 0.191 e. The van der Waals surface area contributed by atoms with E-state index in [1.165, 1.54) is 0 Å². The highest BCUT2D eigenvalue weighted by Gasteiger charge is 1.84. The Bertz CT molecular complexity index is 535. The summed E-state index contributed by atoms with van der Waals surface area (Å²) < 4.78 is 21.8. The molecule has 0 saturated carbocycles. The Kier molecular flexibility index (Phi) is 14.2. The van der Waals surface area contributed by atoms with E-state index >= 15 is 0 Å². The zero-order valence-corrected chi connectivity index (χ0v) is 14.6. The molecule has 0 amide bonds. The molecule has 2 rings (SSSR count). The van der Waals surface area contributed by atoms with Gasteiger partial charge in [-0.25, -0.2) is 9.71 Å². The SMILES string of the molecule is CCCCNS(=O)[O-].NC(N)=Nc1ccccc1.c1ccccc1. The molecule has 0 radical (unpaired) electrons. The van der Waals surface area contributed by atoms with Crippen LogP contribution in [0.1, 0.15) is 19.8 Å². The van der Waals surface area contributed by atoms with Crippen LogP contribution in [0.3, 0.4) is 0 Å². The standard InChI is InChI=1S/C7H9N3.C6H6.C4H11NO2S/c8-7(9)10-6-4-2-1-3-5-6;1-2-4-6-5-3-1;1-2-3-4-5-8(6)7/h1-5H,(H4,8,9,10);1-6H;5H,2-4H2,1H3,(H,6,7)/p-1. The predicted octanol–water partition coefficient (Wildman–Crippen LogP) is 2.45. The summed E-state index contributed by atoms with van der Waals surface area (Å²) in [6, 6.07) is 21.3. The first-order chi connectivity index (χ1) is 11.6. The summed E-state index contributed by atoms with van der Waals surface area (Å²) in [5.41, 5.74) is 11.1. The molecular weight excluding hydrogens is 324 g/mol. The molecule has 132 valence electrons. The van der Waals surface area contributed by atoms with E-state index < -0.39 is 11.3 Å². The number of benzene rings is 2. The molecule has 0 heterocycles. The zero-order chi connectivity index (χ0) is 18.0. The van der Waals surface area contributed by atoms with Crippen LogP contribution in [0.5, 0.6) is 0 Å². The fourth-order valence-corrected chi connectivity index (χ4v) is 1.68. The van der Waals surface area contributed by atoms with Gasteiger partial charge in [-0.3, -0.25) is 4.21 Å². The molecule has 6 nitrogen and oxygen atoms in total. The second-order valence-corrected chi connectivity index (χ2v) is 5.27. The molecule has 0 saturated heterocycles. The quantitative estimate of drug-likeness (QED) is 0.333. The van der Waals surface area contributed by atoms with Crippen LogP contribution in [-0.4, -0.2) is 21.3 Å². The van der Waals surface area contributed by atoms with Gasteiger partial charge in [-0.2, -0.15) is 0 Å². The third-order valence-corrected chi connectivity index (χ3v) is 2.87. The molecule has 0 aliphatic heterocycles. The predicted molar refractivity (Wildman–Crippen MR) is 100 cm³/mol. The minimum atomic E-state index is -2.07. The summed E-state index contributed by atoms with van der Waals surface area (Å²) in [5.74, 6) is 0.0891. The third-order valence-electron chi connectivity index (χ3n) is 2.43. The highest BCUT2D eigenvalue weighted by molar-refractivity contribution is 7.77. The van der Waals surface area contributed by atoms with E-state index in [9.17, 15) is 8.76 Å². The van der Waals surface area contributed by atoms with Crippen LogP contribution in [0.4, 0.5) is 5.69 Å². The van der Waals surface area contributed by atoms with E-state index in [1.54, 1.807) is 0 Å². The second-order valence-electron chi connectivity index (χ2n) is 4.51. The van der Waals surface area contributed by atoms with E-state index in [-0.39, 0.29) is 5.96 Å². The Morgan fingerprint density at radius 2 is 1.50 bits per heavy atom. The Balaban J connectivity index is 0.000000342. The van der Waals surface area contributed by atoms with Crippen molar-refractivity contribution in [2.75, 3.05) is 6.54 Å². The number of hydrogen-bond donors (Lipinski definition) is 3. The largest absolute Gasteiger partial charge is 0.760 e. The minimum Gasteiger partial charge on any atom is -0.760 e. The van der Waals surface area contributed by atoms with Crippen molar-refractivity contribution >= 4 is 22.9 Å². The van der Waals surface area contributed by atoms with Crippen molar-refractivity contribution in [3.63, 3.8) is 0 Å². The molecule has 0 aromatic heterocycles. The van der Waals surface area contributed by atoms with Crippen LogP contribution in [0.2, 0.25) is 0 Å². The van der Waals surface area contributed by atoms with Gasteiger partial charge in [-0.1, -0.05) is 67.9 Å². The maximum absolute atomic E-state index is 9.76. The van der Waals surface area contributed by atoms with E-state index in [0.717, 1.165) is 18.5 Å². The lowest BCUT2D eigenvalue weighted by Crippen LogP contribution is -2.21. The van der Waals surface area contributed by atoms with Gasteiger partial charge < -0.3 is 16.0 Å². The van der Waals surface area contributed by atoms with Crippen molar-refractivity contribution in [3.05, 3.63) is 66.7 Å². The van der Waals surface area contributed by atoms with Gasteiger partial charge in [0, 0.05) is 17.8 Å². The molecule has 1 unspecified atom stereocenters. The number of unbranched alkanes of at least 4 members (excludes halogenated alkanes) is 1. The molecule has 1 atom stereocenters. The van der Waals surface area contributed by atoms with Crippen molar-refractivity contribution in [1.82, 2.24) is 4.72 Å². The van der Waals surface area contributed by atoms with Gasteiger partial charge >= 0.3 is 0 Å². The van der Waals surface area contributed by atoms with Gasteiger partial charge in [-0.15, -0.1) is 0 Å². The van der Waals surface area contributed by atoms with E-state index in [4.69, 9.17) is 11.5 Å². The van der Waals surface area contributed by atoms with Crippen LogP contribution in [0.25, 0.3) is 0 Å². The summed E-state index contributed by atoms with van der Waals surface area (Å²) in [6.45, 7) is 2.57. The first-order valence-electron chi connectivity index (χ1n) is 7.53. The van der Waals surface area contributed by atoms with Gasteiger partial charge in [0.05, 0.1) is 5.69 Å². The summed E-state index contributed by atoms with van der Waals surface area (Å²) in [5, 5.41) is 0. The number of para-hydroxylation sites is 1. The average Bonchev–Trinajstić information content (AvgIpc) is 2.58. The average molecular weight is 349 g/mol. The Labute approximate surface area is 146 Å². The van der Waals surface area contributed by atoms with E-state index in [1.807, 2.05) is 73.7 Å². The van der Waals surface area contributed by atoms with Crippen molar-refractivity contribution in [2.45, 2.75) is 19.8 Å². The normalized spacial score (nSPS) is 10.2. The van der Waals surface area contributed by atoms with Crippen LogP contribution in [-0.2, 0) is 11.3 Å². The minimum absolute atomic E-state index is 0.0891. The molecule has 2 aromatic carbocycles. The second kappa shape index (κ2) is 15.7. The van der Waals surface area contributed by atoms with Gasteiger partial charge in [-0.05, 0) is 18.6 Å². The number of nitrogens with two attached hydrogens (primary N) is 2. The molecular formula is C17H25N4O2S-. The Morgan fingerprint density at radius 1 is 1.04 bits per heavy atom. The van der Waals surface area contributed by atoms with Crippen LogP contribution in [0.15, 0.2) is 71.7 Å². The highest BCUT2D eigenvalue weighted by Crippen LogP contribution is 2.07. The molecule has 24 heavy (non-hydrogen) atoms. The molecule has 0 aliphatic carbocycles. The lowest BCUT2D eigenvalue weighted by atomic mass is 10.3. The number of aliphatic imine (C=N–C) groups is 1. The summed E-state index contributed by atoms with van der Waals surface area (Å²) in [4.78, 5) is 3.83. The molecule has 0 spiro atoms. The molecule has 5 N–H and O–H groups in total. The molecule has 2 aromatic rings. The summed E-state index contributed by atoms with van der Waals surface area (Å²) in [6.07, 6.45) is 1.93. The van der Waals surface area contributed by atoms with Crippen molar-refractivity contribution in [1.29, 1.82) is 0 Å². The lowest BCUT2D eigenvalue weighted by Gasteiger charge is -2.04. The van der Waals surface area contributed by atoms with Gasteiger partial charge in [0.15, 0.2) is 5.96 Å². The first kappa shape index (κ1) is 21.8. The lowest BCUT2D eigenvalue weighted by molar-refractivity contribution is 0.521. The van der Waals surface area contributed by atoms with Crippen molar-refractivity contribution < 1.29 is 8.76 Å². The number of nitrogens with one attached hydrogen (secondary N) is 1. The Morgan fingerprint density at radius 3 is 1.88 bits per heavy atom. The monoisotopic (exact) mass is 349 g/mol. The topological polar surface area (TPSA) is 117 Å². The number of hydrogen-bond acceptors (Lipinski definition) is 3. The van der Waals surface area contributed by atoms with E-state index in [2.05, 4.69) is 9.71 Å². The first-order valence-corrected chi connectivity index (χ1v) is 8.61. The number of rotatable bonds is 5. The fourth-order valence-electron chi connectivity index (χ4n) is 1.37. The van der Waals surface area contributed by atoms with Gasteiger partial charge in [0.25, 0.3) is 0 Å². The van der Waals surface area contributed by atoms with Crippen LogP contribution >= 0.6 is 0 Å². The Hall–Kier alpha value is -2.22. The third kappa shape index (κ3) is 16.2. The fraction of sp³-hybridized carbons (Fsp3) is 0.235. The summed E-state index contributed by atoms with van der Waals surface area (Å²) in [7, 11) is 0. The van der Waals surface area contributed by atoms with Gasteiger partial charge in [0.1, 0.15) is 0 Å². The van der Waals surface area contributed by atoms with Crippen molar-refractivity contribution in [2.24, 2.45) is 16.5 Å². The summed E-state index contributed by atoms with van der Waals surface area (Å²) >= 11 is -2.07. The molecule has 0 fully saturated rings. The van der Waals surface area contributed by atoms with E-state index in [0.29, 0.717) is 6.54 Å². The van der Waals surface area contributed by atoms with Crippen molar-refractivity contribution in [3.8, 4) is 0 Å². The van der Waals surface area contributed by atoms with Gasteiger partial charge in [0.2, 0.25) is 0 Å². The number of nitrogens with zero attached hydrogens (tertiary/aromatic N) is 1. The zero-order valence-electron chi connectivity index (χ0n) is 13.8. The smallest absolute Gasteiger partial charge is 0.191 e. The number of guanidine groups is 1. The van der Waals surface area contributed by atoms with Crippen LogP contribution < -0.4 is 16.2 Å². The molecule has 0 aliphatic rings. The highest BCUT2D eigenvalue weighted by atomic mass is 32.2. The van der Waals surface area contributed by atoms with Crippen LogP contribution in [0, 0.1) is 0 Å². The molecule has 0 bridgehead atoms. The maximum atomic E-state index is 9.76.